The van der Waals surface area contributed by atoms with E-state index >= 15 is 0 Å². The summed E-state index contributed by atoms with van der Waals surface area (Å²) in [5.41, 5.74) is 0. The van der Waals surface area contributed by atoms with Crippen molar-refractivity contribution < 1.29 is 19.1 Å². The van der Waals surface area contributed by atoms with E-state index < -0.39 is 0 Å². The Morgan fingerprint density at radius 1 is 1.06 bits per heavy atom. The molecule has 0 bridgehead atoms. The monoisotopic (exact) mass is 260 g/mol. The van der Waals surface area contributed by atoms with Crippen LogP contribution >= 0.6 is 12.2 Å². The van der Waals surface area contributed by atoms with Gasteiger partial charge in [0.25, 0.3) is 0 Å². The Labute approximate surface area is 105 Å². The molecule has 1 saturated heterocycles. The van der Waals surface area contributed by atoms with Crippen LogP contribution < -0.4 is 0 Å². The molecule has 0 aromatic carbocycles. The Hall–Kier alpha value is -1.05. The van der Waals surface area contributed by atoms with Crippen LogP contribution in [-0.2, 0) is 19.1 Å². The second-order valence-electron chi connectivity index (χ2n) is 3.54. The number of methoxy groups -OCH3 is 2. The van der Waals surface area contributed by atoms with Gasteiger partial charge in [0.05, 0.1) is 26.3 Å². The molecular formula is C10H16N2O4S. The van der Waals surface area contributed by atoms with Gasteiger partial charge >= 0.3 is 0 Å². The summed E-state index contributed by atoms with van der Waals surface area (Å²) in [5.74, 6) is -0.545. The molecule has 7 heteroatoms. The second kappa shape index (κ2) is 6.63. The molecule has 0 unspecified atom stereocenters. The molecular weight excluding hydrogens is 244 g/mol. The molecule has 1 rings (SSSR count). The van der Waals surface area contributed by atoms with Crippen molar-refractivity contribution in [2.24, 2.45) is 0 Å². The van der Waals surface area contributed by atoms with Crippen molar-refractivity contribution in [3.05, 3.63) is 0 Å². The molecule has 0 spiro atoms. The smallest absolute Gasteiger partial charge is 0.238 e. The summed E-state index contributed by atoms with van der Waals surface area (Å²) in [6.07, 6.45) is -0.145. The Morgan fingerprint density at radius 2 is 1.47 bits per heavy atom. The molecule has 0 aliphatic carbocycles. The van der Waals surface area contributed by atoms with Crippen LogP contribution in [0.1, 0.15) is 6.42 Å². The fraction of sp³-hybridized carbons (Fsp3) is 0.700. The minimum atomic E-state index is -0.272. The zero-order chi connectivity index (χ0) is 12.8. The van der Waals surface area contributed by atoms with Crippen LogP contribution in [-0.4, -0.2) is 67.2 Å². The van der Waals surface area contributed by atoms with Crippen molar-refractivity contribution in [3.8, 4) is 0 Å². The van der Waals surface area contributed by atoms with Gasteiger partial charge in [-0.3, -0.25) is 19.4 Å². The van der Waals surface area contributed by atoms with Crippen LogP contribution in [0.2, 0.25) is 0 Å². The van der Waals surface area contributed by atoms with E-state index in [4.69, 9.17) is 21.7 Å². The zero-order valence-electron chi connectivity index (χ0n) is 9.97. The molecule has 0 N–H and O–H groups in total. The molecule has 2 amide bonds. The SMILES string of the molecule is COCCN1C(=O)CC(=O)N(CCOC)C1=S. The average Bonchev–Trinajstić information content (AvgIpc) is 2.28. The highest BCUT2D eigenvalue weighted by atomic mass is 32.1. The lowest BCUT2D eigenvalue weighted by atomic mass is 10.2. The van der Waals surface area contributed by atoms with Crippen molar-refractivity contribution in [3.63, 3.8) is 0 Å². The first-order chi connectivity index (χ1) is 8.11. The molecule has 0 aromatic heterocycles. The Balaban J connectivity index is 2.69. The van der Waals surface area contributed by atoms with Crippen molar-refractivity contribution in [2.75, 3.05) is 40.5 Å². The lowest BCUT2D eigenvalue weighted by Crippen LogP contribution is -2.56. The summed E-state index contributed by atoms with van der Waals surface area (Å²) in [4.78, 5) is 26.1. The highest BCUT2D eigenvalue weighted by molar-refractivity contribution is 7.80. The number of hydrogen-bond acceptors (Lipinski definition) is 5. The van der Waals surface area contributed by atoms with E-state index in [9.17, 15) is 9.59 Å². The normalized spacial score (nSPS) is 16.9. The van der Waals surface area contributed by atoms with Gasteiger partial charge in [-0.25, -0.2) is 0 Å². The van der Waals surface area contributed by atoms with E-state index in [2.05, 4.69) is 0 Å². The summed E-state index contributed by atoms with van der Waals surface area (Å²) in [5, 5.41) is 0.236. The van der Waals surface area contributed by atoms with Crippen molar-refractivity contribution in [1.82, 2.24) is 9.80 Å². The molecule has 96 valence electrons. The van der Waals surface area contributed by atoms with Gasteiger partial charge in [-0.05, 0) is 12.2 Å². The highest BCUT2D eigenvalue weighted by Gasteiger charge is 2.34. The van der Waals surface area contributed by atoms with Gasteiger partial charge in [-0.15, -0.1) is 0 Å². The number of hydrogen-bond donors (Lipinski definition) is 0. The average molecular weight is 260 g/mol. The van der Waals surface area contributed by atoms with Crippen LogP contribution in [0.25, 0.3) is 0 Å². The van der Waals surface area contributed by atoms with Crippen molar-refractivity contribution >= 4 is 29.1 Å². The number of carbonyl (C=O) groups excluding carboxylic acids is 2. The topological polar surface area (TPSA) is 59.1 Å². The van der Waals surface area contributed by atoms with Crippen molar-refractivity contribution in [1.29, 1.82) is 0 Å². The predicted molar refractivity (Wildman–Crippen MR) is 64.4 cm³/mol. The third-order valence-corrected chi connectivity index (χ3v) is 2.85. The Morgan fingerprint density at radius 3 is 1.82 bits per heavy atom. The van der Waals surface area contributed by atoms with Crippen LogP contribution in [0.5, 0.6) is 0 Å². The van der Waals surface area contributed by atoms with Gasteiger partial charge in [-0.2, -0.15) is 0 Å². The summed E-state index contributed by atoms with van der Waals surface area (Å²) in [7, 11) is 3.09. The number of thiocarbonyl (C=S) groups is 1. The molecule has 17 heavy (non-hydrogen) atoms. The van der Waals surface area contributed by atoms with E-state index in [0.717, 1.165) is 0 Å². The molecule has 0 radical (unpaired) electrons. The zero-order valence-corrected chi connectivity index (χ0v) is 10.8. The molecule has 6 nitrogen and oxygen atoms in total. The maximum atomic E-state index is 11.6. The predicted octanol–water partition coefficient (Wildman–Crippen LogP) is -0.375. The standard InChI is InChI=1S/C10H16N2O4S/c1-15-5-3-11-8(13)7-9(14)12(10(11)17)4-6-16-2/h3-7H2,1-2H3. The van der Waals surface area contributed by atoms with E-state index in [1.165, 1.54) is 9.80 Å². The Bertz CT molecular complexity index is 293. The number of nitrogens with zero attached hydrogens (tertiary/aromatic N) is 2. The van der Waals surface area contributed by atoms with E-state index in [1.54, 1.807) is 14.2 Å². The number of rotatable bonds is 6. The minimum absolute atomic E-state index is 0.145. The maximum Gasteiger partial charge on any atom is 0.238 e. The summed E-state index contributed by atoms with van der Waals surface area (Å²) >= 11 is 5.13. The van der Waals surface area contributed by atoms with E-state index in [1.807, 2.05) is 0 Å². The number of ether oxygens (including phenoxy) is 2. The Kier molecular flexibility index (Phi) is 5.46. The second-order valence-corrected chi connectivity index (χ2v) is 3.90. The van der Waals surface area contributed by atoms with Crippen LogP contribution in [0.4, 0.5) is 0 Å². The minimum Gasteiger partial charge on any atom is -0.383 e. The van der Waals surface area contributed by atoms with Crippen LogP contribution in [0, 0.1) is 0 Å². The van der Waals surface area contributed by atoms with Gasteiger partial charge < -0.3 is 9.47 Å². The summed E-state index contributed by atoms with van der Waals surface area (Å²) in [6, 6.07) is 0. The first-order valence-corrected chi connectivity index (χ1v) is 5.65. The van der Waals surface area contributed by atoms with Crippen LogP contribution in [0.15, 0.2) is 0 Å². The highest BCUT2D eigenvalue weighted by Crippen LogP contribution is 2.12. The van der Waals surface area contributed by atoms with Crippen LogP contribution in [0.3, 0.4) is 0 Å². The van der Waals surface area contributed by atoms with Gasteiger partial charge in [0.15, 0.2) is 5.11 Å². The van der Waals surface area contributed by atoms with E-state index in [0.29, 0.717) is 26.3 Å². The number of amides is 2. The maximum absolute atomic E-state index is 11.6. The molecule has 1 aliphatic rings. The quantitative estimate of drug-likeness (QED) is 0.481. The summed E-state index contributed by atoms with van der Waals surface area (Å²) < 4.78 is 9.81. The van der Waals surface area contributed by atoms with E-state index in [-0.39, 0.29) is 23.3 Å². The van der Waals surface area contributed by atoms with Gasteiger partial charge in [0.1, 0.15) is 6.42 Å². The molecule has 0 aromatic rings. The number of carbonyl (C=O) groups is 2. The fourth-order valence-electron chi connectivity index (χ4n) is 1.49. The van der Waals surface area contributed by atoms with Gasteiger partial charge in [0, 0.05) is 14.2 Å². The molecule has 0 atom stereocenters. The third kappa shape index (κ3) is 3.45. The third-order valence-electron chi connectivity index (χ3n) is 2.40. The molecule has 1 aliphatic heterocycles. The molecule has 1 heterocycles. The summed E-state index contributed by atoms with van der Waals surface area (Å²) in [6.45, 7) is 1.51. The lowest BCUT2D eigenvalue weighted by Gasteiger charge is -2.35. The first-order valence-electron chi connectivity index (χ1n) is 5.24. The van der Waals surface area contributed by atoms with Gasteiger partial charge in [-0.1, -0.05) is 0 Å². The largest absolute Gasteiger partial charge is 0.383 e. The molecule has 1 fully saturated rings. The molecule has 0 saturated carbocycles. The lowest BCUT2D eigenvalue weighted by molar-refractivity contribution is -0.141. The fourth-order valence-corrected chi connectivity index (χ4v) is 1.87. The first kappa shape index (κ1) is 14.0. The van der Waals surface area contributed by atoms with Crippen molar-refractivity contribution in [2.45, 2.75) is 6.42 Å². The van der Waals surface area contributed by atoms with Gasteiger partial charge in [0.2, 0.25) is 11.8 Å².